The number of aliphatic carboxylic acids is 1. The molecule has 0 aromatic heterocycles. The molecule has 150 heavy (non-hydrogen) atoms. The number of carboxylic acids is 1. The molecule has 21 nitrogen and oxygen atoms in total. The molecule has 7 aliphatic rings. The molecule has 0 spiro atoms. The molecule has 16 aromatic carbocycles. The number of hydrogen-bond acceptors (Lipinski definition) is 21. The normalized spacial score (nSPS) is 17.1. The van der Waals surface area contributed by atoms with Crippen molar-refractivity contribution < 1.29 is 105 Å². The number of sulfone groups is 1. The van der Waals surface area contributed by atoms with E-state index in [2.05, 4.69) is 24.3 Å². The monoisotopic (exact) mass is 2050 g/mol. The predicted octanol–water partition coefficient (Wildman–Crippen LogP) is 28.4. The fourth-order valence-electron chi connectivity index (χ4n) is 22.6. The van der Waals surface area contributed by atoms with Crippen molar-refractivity contribution in [3.8, 4) is 103 Å². The van der Waals surface area contributed by atoms with E-state index in [9.17, 15) is 69.4 Å². The first-order valence-corrected chi connectivity index (χ1v) is 53.0. The third-order valence-corrected chi connectivity index (χ3v) is 33.0. The second-order valence-electron chi connectivity index (χ2n) is 39.7. The Balaban J connectivity index is 0.000000129. The van der Waals surface area contributed by atoms with Crippen molar-refractivity contribution in [2.24, 2.45) is 23.7 Å². The second-order valence-corrected chi connectivity index (χ2v) is 42.8. The van der Waals surface area contributed by atoms with E-state index < -0.39 is 21.2 Å². The van der Waals surface area contributed by atoms with E-state index in [4.69, 9.17) is 35.4 Å². The molecular formula is C127H128O21S2. The lowest BCUT2D eigenvalue weighted by molar-refractivity contribution is -0.141. The maximum atomic E-state index is 12.1. The van der Waals surface area contributed by atoms with E-state index >= 15 is 0 Å². The Morgan fingerprint density at radius 1 is 0.247 bits per heavy atom. The first-order chi connectivity index (χ1) is 72.2. The second kappa shape index (κ2) is 49.1. The summed E-state index contributed by atoms with van der Waals surface area (Å²) in [7, 11) is -3.59. The zero-order valence-electron chi connectivity index (χ0n) is 83.5. The van der Waals surface area contributed by atoms with Crippen LogP contribution in [0.15, 0.2) is 408 Å². The summed E-state index contributed by atoms with van der Waals surface area (Å²) in [5.74, 6) is 7.13. The molecule has 7 saturated carbocycles. The lowest BCUT2D eigenvalue weighted by Gasteiger charge is -2.62. The summed E-state index contributed by atoms with van der Waals surface area (Å²) in [6, 6.07) is 111. The van der Waals surface area contributed by atoms with Crippen LogP contribution < -0.4 is 4.74 Å². The summed E-state index contributed by atoms with van der Waals surface area (Å²) < 4.78 is 29.7. The molecule has 23 heteroatoms. The third kappa shape index (κ3) is 26.5. The minimum Gasteiger partial charge on any atom is -0.508 e. The molecule has 0 saturated heterocycles. The molecule has 0 heterocycles. The molecular weight excluding hydrogens is 1930 g/mol. The van der Waals surface area contributed by atoms with E-state index in [0.717, 1.165) is 60.2 Å². The van der Waals surface area contributed by atoms with Crippen LogP contribution in [0.1, 0.15) is 191 Å². The number of rotatable bonds is 17. The van der Waals surface area contributed by atoms with Crippen molar-refractivity contribution in [1.82, 2.24) is 0 Å². The summed E-state index contributed by atoms with van der Waals surface area (Å²) in [6.07, 6.45) is 24.7. The zero-order chi connectivity index (χ0) is 106. The van der Waals surface area contributed by atoms with Crippen LogP contribution in [-0.2, 0) is 41.7 Å². The molecule has 0 atom stereocenters. The SMILES string of the molecule is CC(C(=O)O)(c1ccc(O)cc1)c1ccc(O)cc1.O=S(=O)(c1ccc(O)cc1)c1ccc(O)cc1.Oc1ccc(C2(c3ccc(O)cc3)C3CC4CC(C3)CC2C4)cc1.Oc1ccc(C2(c3ccc(O)cc3)CCCC2)cc1.Oc1ccc(C2(c3ccc(O)cc3)CCCCC2)cc1.Oc1ccc(C2(c3ccc(O)cc3)CCCCCC2)cc1.Oc1ccc(Oc2ccc(O)cc2)cc1.Oc1ccc(Sc2ccc(O)cc2)cc1. The molecule has 16 aromatic rings. The largest absolute Gasteiger partial charge is 0.508 e. The fourth-order valence-corrected chi connectivity index (χ4v) is 24.7. The van der Waals surface area contributed by atoms with Gasteiger partial charge in [-0.25, -0.2) is 8.42 Å². The molecule has 23 rings (SSSR count). The van der Waals surface area contributed by atoms with E-state index in [0.29, 0.717) is 80.5 Å². The van der Waals surface area contributed by atoms with Crippen LogP contribution >= 0.6 is 11.8 Å². The molecule has 17 N–H and O–H groups in total. The van der Waals surface area contributed by atoms with Gasteiger partial charge >= 0.3 is 5.97 Å². The molecule has 0 amide bonds. The lowest BCUT2D eigenvalue weighted by Crippen LogP contribution is -2.56. The van der Waals surface area contributed by atoms with E-state index in [1.54, 1.807) is 189 Å². The van der Waals surface area contributed by atoms with Gasteiger partial charge in [0, 0.05) is 31.5 Å². The quantitative estimate of drug-likeness (QED) is 0.0376. The number of aromatic hydroxyl groups is 16. The highest BCUT2D eigenvalue weighted by Gasteiger charge is 2.59. The Morgan fingerprint density at radius 3 is 0.647 bits per heavy atom. The maximum Gasteiger partial charge on any atom is 0.318 e. The number of hydrogen-bond donors (Lipinski definition) is 17. The van der Waals surface area contributed by atoms with Gasteiger partial charge in [0.1, 0.15) is 109 Å². The van der Waals surface area contributed by atoms with Crippen LogP contribution in [-0.4, -0.2) is 101 Å². The molecule has 0 radical (unpaired) electrons. The van der Waals surface area contributed by atoms with Gasteiger partial charge in [0.2, 0.25) is 9.84 Å². The van der Waals surface area contributed by atoms with Crippen molar-refractivity contribution in [3.63, 3.8) is 0 Å². The minimum atomic E-state index is -3.59. The van der Waals surface area contributed by atoms with Crippen molar-refractivity contribution in [1.29, 1.82) is 0 Å². The van der Waals surface area contributed by atoms with Gasteiger partial charge < -0.3 is 91.5 Å². The van der Waals surface area contributed by atoms with E-state index in [-0.39, 0.29) is 77.4 Å². The third-order valence-electron chi connectivity index (χ3n) is 30.2. The minimum absolute atomic E-state index is 0.00894. The first kappa shape index (κ1) is 108. The highest BCUT2D eigenvalue weighted by molar-refractivity contribution is 7.99. The average molecular weight is 2050 g/mol. The summed E-state index contributed by atoms with van der Waals surface area (Å²) in [4.78, 5) is 14.0. The van der Waals surface area contributed by atoms with E-state index in [1.165, 1.54) is 207 Å². The van der Waals surface area contributed by atoms with Gasteiger partial charge in [0.15, 0.2) is 0 Å². The van der Waals surface area contributed by atoms with Crippen LogP contribution in [0.5, 0.6) is 103 Å². The summed E-state index contributed by atoms with van der Waals surface area (Å²) in [6.45, 7) is 1.59. The fraction of sp³-hybridized carbons (Fsp3) is 0.236. The van der Waals surface area contributed by atoms with Gasteiger partial charge in [-0.05, 0) is 424 Å². The van der Waals surface area contributed by atoms with Crippen LogP contribution in [0.25, 0.3) is 0 Å². The van der Waals surface area contributed by atoms with Crippen molar-refractivity contribution in [3.05, 3.63) is 444 Å². The van der Waals surface area contributed by atoms with Crippen LogP contribution in [0.4, 0.5) is 0 Å². The number of ether oxygens (including phenoxy) is 1. The van der Waals surface area contributed by atoms with E-state index in [1.807, 2.05) is 121 Å². The highest BCUT2D eigenvalue weighted by Crippen LogP contribution is 2.66. The number of phenolic OH excluding ortho intramolecular Hbond substituents is 16. The average Bonchev–Trinajstić information content (AvgIpc) is 0.835. The predicted molar refractivity (Wildman–Crippen MR) is 583 cm³/mol. The Morgan fingerprint density at radius 2 is 0.427 bits per heavy atom. The van der Waals surface area contributed by atoms with Gasteiger partial charge in [-0.15, -0.1) is 0 Å². The first-order valence-electron chi connectivity index (χ1n) is 50.7. The number of carbonyl (C=O) groups is 1. The summed E-state index contributed by atoms with van der Waals surface area (Å²) >= 11 is 1.58. The Hall–Kier alpha value is -16.1. The molecule has 7 aliphatic carbocycles. The summed E-state index contributed by atoms with van der Waals surface area (Å²) in [5, 5.41) is 159. The van der Waals surface area contributed by atoms with Gasteiger partial charge in [-0.3, -0.25) is 4.79 Å². The van der Waals surface area contributed by atoms with Crippen molar-refractivity contribution in [2.45, 2.75) is 182 Å². The standard InChI is InChI=1S/C22H24O2.C19H22O2.C18H20O2.C17H18O2.C15H14O4.C12H10O4S.C12H10O3.C12H10O2S/c23-20-5-1-16(2-6-20)22(17-3-7-21(24)8-4-17)18-10-14-9-15(12-18)13-19(22)11-14;20-17-9-5-15(6-10-17)19(13-3-1-2-4-14-19)16-7-11-18(21)12-8-16;19-16-8-4-14(5-9-16)18(12-2-1-3-13-18)15-6-10-17(20)11-7-15;18-15-7-3-13(4-8-15)17(11-1-2-12-17)14-5-9-16(19)10-6-14;1-15(14(18)19,10-2-6-12(16)7-3-10)11-4-8-13(17)9-5-11;13-9-1-5-11(6-2-9)17(15,16)12-7-3-10(14)4-8-12;2*13-9-1-5-11(6-2-9)15-12-7-3-10(14)4-8-12/h1-8,14-15,18-19,23-24H,9-13H2;5-12,20-21H,1-4,13-14H2;4-11,19-20H,1-3,12-13H2;3-10,18-19H,1-2,11-12H2;2-9,16-17H,1H3,(H,18,19);1-8,13-14H;2*1-8,13-14H. The molecule has 7 fully saturated rings. The van der Waals surface area contributed by atoms with Crippen LogP contribution in [0, 0.1) is 23.7 Å². The molecule has 774 valence electrons. The Labute approximate surface area is 879 Å². The topological polar surface area (TPSA) is 404 Å². The maximum absolute atomic E-state index is 12.1. The van der Waals surface area contributed by atoms with Gasteiger partial charge in [-0.1, -0.05) is 191 Å². The highest BCUT2D eigenvalue weighted by atomic mass is 32.2. The molecule has 4 bridgehead atoms. The zero-order valence-corrected chi connectivity index (χ0v) is 85.1. The Bertz CT molecular complexity index is 6600. The van der Waals surface area contributed by atoms with Crippen LogP contribution in [0.3, 0.4) is 0 Å². The summed E-state index contributed by atoms with van der Waals surface area (Å²) in [5.41, 5.74) is 10.3. The Kier molecular flexibility index (Phi) is 35.4. The number of benzene rings is 16. The van der Waals surface area contributed by atoms with Crippen molar-refractivity contribution >= 4 is 27.6 Å². The van der Waals surface area contributed by atoms with Gasteiger partial charge in [0.05, 0.1) is 9.79 Å². The van der Waals surface area contributed by atoms with Crippen molar-refractivity contribution in [2.75, 3.05) is 0 Å². The molecule has 0 unspecified atom stereocenters. The van der Waals surface area contributed by atoms with Gasteiger partial charge in [0.25, 0.3) is 0 Å². The van der Waals surface area contributed by atoms with Crippen LogP contribution in [0.2, 0.25) is 0 Å². The lowest BCUT2D eigenvalue weighted by atomic mass is 9.42. The number of phenols is 16. The van der Waals surface area contributed by atoms with Gasteiger partial charge in [-0.2, -0.15) is 0 Å². The molecule has 0 aliphatic heterocycles. The smallest absolute Gasteiger partial charge is 0.318 e. The number of carboxylic acid groups (broad SMARTS) is 1.